The summed E-state index contributed by atoms with van der Waals surface area (Å²) in [5.74, 6) is -2.25. The average Bonchev–Trinajstić information content (AvgIpc) is 3.16. The zero-order valence-electron chi connectivity index (χ0n) is 15.3. The lowest BCUT2D eigenvalue weighted by Crippen LogP contribution is -2.31. The minimum atomic E-state index is -0.914. The summed E-state index contributed by atoms with van der Waals surface area (Å²) in [6, 6.07) is 15.9. The molecule has 0 saturated carbocycles. The number of hydrogen-bond donors (Lipinski definition) is 0. The van der Waals surface area contributed by atoms with Gasteiger partial charge in [0.05, 0.1) is 27.3 Å². The van der Waals surface area contributed by atoms with Gasteiger partial charge in [-0.1, -0.05) is 59.3 Å². The van der Waals surface area contributed by atoms with Crippen molar-refractivity contribution in [1.82, 2.24) is 4.98 Å². The molecule has 3 nitrogen and oxygen atoms in total. The Morgan fingerprint density at radius 3 is 2.55 bits per heavy atom. The van der Waals surface area contributed by atoms with E-state index in [4.69, 9.17) is 11.6 Å². The minimum absolute atomic E-state index is 0.187. The topological polar surface area (TPSA) is 33.2 Å². The van der Waals surface area contributed by atoms with Crippen molar-refractivity contribution in [3.8, 4) is 0 Å². The number of nitrogens with zero attached hydrogens (tertiary/aromatic N) is 2. The predicted octanol–water partition coefficient (Wildman–Crippen LogP) is 6.38. The minimum Gasteiger partial charge on any atom is -0.279 e. The van der Waals surface area contributed by atoms with E-state index in [1.807, 2.05) is 43.3 Å². The molecule has 0 fully saturated rings. The van der Waals surface area contributed by atoms with Gasteiger partial charge < -0.3 is 0 Å². The number of halogens is 3. The quantitative estimate of drug-likeness (QED) is 0.377. The lowest BCUT2D eigenvalue weighted by Gasteiger charge is -2.20. The van der Waals surface area contributed by atoms with E-state index in [1.54, 1.807) is 6.07 Å². The Hall–Kier alpha value is -2.83. The number of rotatable bonds is 4. The molecule has 4 rings (SSSR count). The summed E-state index contributed by atoms with van der Waals surface area (Å²) in [6.45, 7) is 2.10. The molecule has 0 aliphatic rings. The summed E-state index contributed by atoms with van der Waals surface area (Å²) in [5.41, 5.74) is 2.25. The van der Waals surface area contributed by atoms with E-state index in [9.17, 15) is 13.6 Å². The van der Waals surface area contributed by atoms with E-state index >= 15 is 0 Å². The van der Waals surface area contributed by atoms with Gasteiger partial charge in [0.1, 0.15) is 11.6 Å². The summed E-state index contributed by atoms with van der Waals surface area (Å²) in [7, 11) is 0. The van der Waals surface area contributed by atoms with Crippen molar-refractivity contribution in [2.45, 2.75) is 13.5 Å². The highest BCUT2D eigenvalue weighted by Crippen LogP contribution is 2.36. The van der Waals surface area contributed by atoms with Crippen LogP contribution in [0.5, 0.6) is 0 Å². The molecule has 0 spiro atoms. The molecular weight excluding hydrogens is 414 g/mol. The molecule has 4 aromatic rings. The Morgan fingerprint density at radius 2 is 1.86 bits per heavy atom. The van der Waals surface area contributed by atoms with Crippen molar-refractivity contribution in [2.75, 3.05) is 4.90 Å². The molecule has 146 valence electrons. The van der Waals surface area contributed by atoms with E-state index in [0.29, 0.717) is 21.7 Å². The maximum Gasteiger partial charge on any atom is 0.263 e. The van der Waals surface area contributed by atoms with Gasteiger partial charge >= 0.3 is 0 Å². The first-order chi connectivity index (χ1) is 13.9. The Kier molecular flexibility index (Phi) is 5.30. The Morgan fingerprint density at radius 1 is 1.10 bits per heavy atom. The van der Waals surface area contributed by atoms with Gasteiger partial charge in [-0.3, -0.25) is 9.69 Å². The normalized spacial score (nSPS) is 11.0. The number of aromatic nitrogens is 1. The zero-order valence-corrected chi connectivity index (χ0v) is 16.9. The lowest BCUT2D eigenvalue weighted by atomic mass is 10.1. The van der Waals surface area contributed by atoms with Gasteiger partial charge in [-0.2, -0.15) is 0 Å². The number of amides is 1. The maximum absolute atomic E-state index is 14.3. The predicted molar refractivity (Wildman–Crippen MR) is 113 cm³/mol. The van der Waals surface area contributed by atoms with Crippen LogP contribution in [-0.4, -0.2) is 10.9 Å². The third-order valence-corrected chi connectivity index (χ3v) is 6.05. The first-order valence-electron chi connectivity index (χ1n) is 8.80. The summed E-state index contributed by atoms with van der Waals surface area (Å²) in [6.07, 6.45) is 0. The lowest BCUT2D eigenvalue weighted by molar-refractivity contribution is 0.0981. The molecule has 1 heterocycles. The summed E-state index contributed by atoms with van der Waals surface area (Å²) < 4.78 is 28.4. The van der Waals surface area contributed by atoms with E-state index in [1.165, 1.54) is 16.2 Å². The van der Waals surface area contributed by atoms with Crippen LogP contribution in [0.2, 0.25) is 5.02 Å². The number of carbonyl (C=O) groups is 1. The van der Waals surface area contributed by atoms with Crippen LogP contribution >= 0.6 is 22.9 Å². The van der Waals surface area contributed by atoms with Crippen LogP contribution in [0.1, 0.15) is 21.5 Å². The van der Waals surface area contributed by atoms with Gasteiger partial charge in [-0.05, 0) is 36.2 Å². The van der Waals surface area contributed by atoms with Gasteiger partial charge in [-0.25, -0.2) is 13.8 Å². The summed E-state index contributed by atoms with van der Waals surface area (Å²) in [4.78, 5) is 19.2. The van der Waals surface area contributed by atoms with Crippen LogP contribution in [0.25, 0.3) is 10.2 Å². The Balaban J connectivity index is 1.83. The number of thiazole rings is 1. The molecule has 0 unspecified atom stereocenters. The molecule has 0 aliphatic carbocycles. The largest absolute Gasteiger partial charge is 0.279 e. The summed E-state index contributed by atoms with van der Waals surface area (Å²) in [5, 5.41) is 0.934. The van der Waals surface area contributed by atoms with Crippen LogP contribution in [0.4, 0.5) is 13.9 Å². The Labute approximate surface area is 175 Å². The molecular formula is C22H15ClF2N2OS. The molecule has 0 atom stereocenters. The first-order valence-corrected chi connectivity index (χ1v) is 10.00. The third kappa shape index (κ3) is 3.86. The monoisotopic (exact) mass is 428 g/mol. The van der Waals surface area contributed by atoms with Crippen molar-refractivity contribution in [1.29, 1.82) is 0 Å². The summed E-state index contributed by atoms with van der Waals surface area (Å²) >= 11 is 7.57. The highest BCUT2D eigenvalue weighted by atomic mass is 35.5. The van der Waals surface area contributed by atoms with Crippen molar-refractivity contribution in [3.05, 3.63) is 94.0 Å². The molecule has 0 N–H and O–H groups in total. The van der Waals surface area contributed by atoms with Gasteiger partial charge in [-0.15, -0.1) is 0 Å². The number of aryl methyl sites for hydroxylation is 1. The fraction of sp³-hybridized carbons (Fsp3) is 0.0909. The van der Waals surface area contributed by atoms with Crippen LogP contribution in [-0.2, 0) is 6.54 Å². The van der Waals surface area contributed by atoms with Crippen molar-refractivity contribution >= 4 is 44.2 Å². The fourth-order valence-corrected chi connectivity index (χ4v) is 4.32. The van der Waals surface area contributed by atoms with Crippen molar-refractivity contribution in [2.24, 2.45) is 0 Å². The van der Waals surface area contributed by atoms with Crippen molar-refractivity contribution < 1.29 is 13.6 Å². The van der Waals surface area contributed by atoms with Crippen molar-refractivity contribution in [3.63, 3.8) is 0 Å². The molecule has 1 aromatic heterocycles. The number of anilines is 1. The van der Waals surface area contributed by atoms with Crippen LogP contribution in [0, 0.1) is 18.6 Å². The van der Waals surface area contributed by atoms with Gasteiger partial charge in [0.2, 0.25) is 0 Å². The standard InChI is InChI=1S/C22H15ClF2N2OS/c1-13-7-10-17(23)20-19(13)26-22(29-20)27(12-14-5-3-2-4-6-14)21(28)16-9-8-15(24)11-18(16)25/h2-11H,12H2,1H3. The number of carbonyl (C=O) groups excluding carboxylic acids is 1. The smallest absolute Gasteiger partial charge is 0.263 e. The number of benzene rings is 3. The fourth-order valence-electron chi connectivity index (χ4n) is 3.01. The van der Waals surface area contributed by atoms with E-state index in [-0.39, 0.29) is 12.1 Å². The van der Waals surface area contributed by atoms with Gasteiger partial charge in [0.15, 0.2) is 5.13 Å². The second-order valence-electron chi connectivity index (χ2n) is 6.54. The Bertz CT molecular complexity index is 1170. The van der Waals surface area contributed by atoms with E-state index in [0.717, 1.165) is 28.0 Å². The van der Waals surface area contributed by atoms with E-state index in [2.05, 4.69) is 4.98 Å². The van der Waals surface area contributed by atoms with E-state index < -0.39 is 17.5 Å². The number of fused-ring (bicyclic) bond motifs is 1. The van der Waals surface area contributed by atoms with Crippen LogP contribution in [0.15, 0.2) is 60.7 Å². The highest BCUT2D eigenvalue weighted by molar-refractivity contribution is 7.23. The van der Waals surface area contributed by atoms with Crippen LogP contribution in [0.3, 0.4) is 0 Å². The second-order valence-corrected chi connectivity index (χ2v) is 7.92. The van der Waals surface area contributed by atoms with Gasteiger partial charge in [0.25, 0.3) is 5.91 Å². The molecule has 7 heteroatoms. The second kappa shape index (κ2) is 7.89. The molecule has 1 amide bonds. The highest BCUT2D eigenvalue weighted by Gasteiger charge is 2.25. The molecule has 0 bridgehead atoms. The molecule has 0 aliphatic heterocycles. The van der Waals surface area contributed by atoms with Gasteiger partial charge in [0, 0.05) is 6.07 Å². The molecule has 3 aromatic carbocycles. The SMILES string of the molecule is Cc1ccc(Cl)c2sc(N(Cc3ccccc3)C(=O)c3ccc(F)cc3F)nc12. The first kappa shape index (κ1) is 19.5. The molecule has 0 radical (unpaired) electrons. The molecule has 0 saturated heterocycles. The number of hydrogen-bond acceptors (Lipinski definition) is 3. The molecule has 29 heavy (non-hydrogen) atoms. The average molecular weight is 429 g/mol. The third-order valence-electron chi connectivity index (χ3n) is 4.51. The zero-order chi connectivity index (χ0) is 20.5. The maximum atomic E-state index is 14.3. The van der Waals surface area contributed by atoms with Crippen LogP contribution < -0.4 is 4.90 Å².